The Morgan fingerprint density at radius 3 is 2.66 bits per heavy atom. The fourth-order valence-corrected chi connectivity index (χ4v) is 4.67. The molecule has 1 aliphatic heterocycles. The molecule has 0 bridgehead atoms. The summed E-state index contributed by atoms with van der Waals surface area (Å²) in [5.74, 6) is -0.419. The van der Waals surface area contributed by atoms with Crippen molar-refractivity contribution < 1.29 is 22.7 Å². The number of rotatable bonds is 4. The van der Waals surface area contributed by atoms with Crippen molar-refractivity contribution in [2.45, 2.75) is 38.6 Å². The van der Waals surface area contributed by atoms with Crippen LogP contribution in [0, 0.1) is 6.92 Å². The van der Waals surface area contributed by atoms with E-state index in [1.54, 1.807) is 11.0 Å². The van der Waals surface area contributed by atoms with Gasteiger partial charge >= 0.3 is 6.36 Å². The third-order valence-electron chi connectivity index (χ3n) is 6.30. The monoisotopic (exact) mass is 504 g/mol. The van der Waals surface area contributed by atoms with E-state index in [0.29, 0.717) is 35.8 Å². The van der Waals surface area contributed by atoms with Gasteiger partial charge in [-0.1, -0.05) is 11.6 Å². The van der Waals surface area contributed by atoms with Gasteiger partial charge in [-0.2, -0.15) is 15.0 Å². The maximum absolute atomic E-state index is 13.9. The minimum atomic E-state index is -4.90. The molecule has 12 heteroatoms. The topological polar surface area (TPSA) is 88.9 Å². The molecule has 8 nitrogen and oxygen atoms in total. The van der Waals surface area contributed by atoms with E-state index in [4.69, 9.17) is 16.6 Å². The number of benzene rings is 2. The summed E-state index contributed by atoms with van der Waals surface area (Å²) >= 11 is 6.25. The zero-order valence-corrected chi connectivity index (χ0v) is 19.5. The highest BCUT2D eigenvalue weighted by molar-refractivity contribution is 6.32. The van der Waals surface area contributed by atoms with Crippen LogP contribution in [0.2, 0.25) is 5.02 Å². The highest BCUT2D eigenvalue weighted by atomic mass is 35.5. The Kier molecular flexibility index (Phi) is 5.47. The lowest BCUT2D eigenvalue weighted by Gasteiger charge is -2.34. The Labute approximate surface area is 202 Å². The van der Waals surface area contributed by atoms with Gasteiger partial charge < -0.3 is 14.6 Å². The molecular formula is C23H20ClF3N6O2. The number of fused-ring (bicyclic) bond motifs is 1. The van der Waals surface area contributed by atoms with E-state index in [0.717, 1.165) is 23.2 Å². The van der Waals surface area contributed by atoms with Crippen LogP contribution in [-0.4, -0.2) is 48.7 Å². The molecule has 1 unspecified atom stereocenters. The number of aryl methyl sites for hydroxylation is 1. The van der Waals surface area contributed by atoms with Crippen LogP contribution in [0.25, 0.3) is 16.7 Å². The van der Waals surface area contributed by atoms with Crippen molar-refractivity contribution in [2.24, 2.45) is 0 Å². The number of carbonyl (C=O) groups excluding carboxylic acids is 1. The number of likely N-dealkylation sites (tertiary alicyclic amines) is 1. The molecule has 1 amide bonds. The fourth-order valence-electron chi connectivity index (χ4n) is 4.52. The summed E-state index contributed by atoms with van der Waals surface area (Å²) in [6.07, 6.45) is -0.777. The Balaban J connectivity index is 1.58. The highest BCUT2D eigenvalue weighted by Gasteiger charge is 2.44. The Bertz CT molecular complexity index is 1420. The third kappa shape index (κ3) is 4.09. The summed E-state index contributed by atoms with van der Waals surface area (Å²) in [7, 11) is 0. The number of imidazole rings is 1. The quantitative estimate of drug-likeness (QED) is 0.415. The molecule has 3 heterocycles. The number of hydrogen-bond donors (Lipinski definition) is 1. The lowest BCUT2D eigenvalue weighted by molar-refractivity contribution is -0.274. The lowest BCUT2D eigenvalue weighted by Crippen LogP contribution is -2.44. The zero-order chi connectivity index (χ0) is 25.0. The summed E-state index contributed by atoms with van der Waals surface area (Å²) in [4.78, 5) is 24.7. The highest BCUT2D eigenvalue weighted by Crippen LogP contribution is 2.40. The minimum Gasteiger partial charge on any atom is -0.406 e. The number of ether oxygens (including phenoxy) is 1. The summed E-state index contributed by atoms with van der Waals surface area (Å²) < 4.78 is 42.7. The third-order valence-corrected chi connectivity index (χ3v) is 6.71. The molecule has 0 aliphatic carbocycles. The van der Waals surface area contributed by atoms with Crippen LogP contribution >= 0.6 is 11.6 Å². The number of hydrogen-bond acceptors (Lipinski definition) is 5. The van der Waals surface area contributed by atoms with Crippen LogP contribution in [0.15, 0.2) is 42.7 Å². The molecule has 0 saturated carbocycles. The number of aromatic amines is 1. The molecular weight excluding hydrogens is 485 g/mol. The van der Waals surface area contributed by atoms with Gasteiger partial charge in [-0.15, -0.1) is 13.2 Å². The predicted octanol–water partition coefficient (Wildman–Crippen LogP) is 5.16. The second kappa shape index (κ2) is 8.26. The first kappa shape index (κ1) is 23.2. The summed E-state index contributed by atoms with van der Waals surface area (Å²) in [5, 5.41) is 8.67. The van der Waals surface area contributed by atoms with Crippen LogP contribution in [0.4, 0.5) is 13.2 Å². The van der Waals surface area contributed by atoms with E-state index in [-0.39, 0.29) is 11.3 Å². The molecule has 4 aromatic rings. The molecule has 1 atom stereocenters. The maximum atomic E-state index is 13.9. The molecule has 1 N–H and O–H groups in total. The van der Waals surface area contributed by atoms with Gasteiger partial charge in [0, 0.05) is 11.6 Å². The second-order valence-electron chi connectivity index (χ2n) is 8.53. The number of amides is 1. The van der Waals surface area contributed by atoms with E-state index >= 15 is 0 Å². The standard InChI is InChI=1S/C23H20ClF3N6O2/c1-13-16(24)5-6-17-19(13)31-21(30-17)22(2)8-3-11-32(22)20(34)15-12-14(35-23(25,26)27)4-7-18(15)33-28-9-10-29-33/h4-7,9-10,12H,3,8,11H2,1-2H3,(H,30,31). The number of H-pyrrole nitrogens is 1. The Morgan fingerprint density at radius 1 is 1.20 bits per heavy atom. The molecule has 2 aromatic heterocycles. The molecule has 0 spiro atoms. The number of halogens is 4. The van der Waals surface area contributed by atoms with E-state index in [1.165, 1.54) is 23.3 Å². The first-order valence-corrected chi connectivity index (χ1v) is 11.2. The molecule has 182 valence electrons. The average molecular weight is 505 g/mol. The van der Waals surface area contributed by atoms with E-state index in [1.807, 2.05) is 19.9 Å². The fraction of sp³-hybridized carbons (Fsp3) is 0.304. The van der Waals surface area contributed by atoms with Crippen molar-refractivity contribution in [3.8, 4) is 11.4 Å². The second-order valence-corrected chi connectivity index (χ2v) is 8.94. The predicted molar refractivity (Wildman–Crippen MR) is 122 cm³/mol. The van der Waals surface area contributed by atoms with Crippen LogP contribution in [0.3, 0.4) is 0 Å². The van der Waals surface area contributed by atoms with Gasteiger partial charge in [0.15, 0.2) is 0 Å². The Morgan fingerprint density at radius 2 is 1.94 bits per heavy atom. The molecule has 5 rings (SSSR count). The van der Waals surface area contributed by atoms with Gasteiger partial charge in [0.2, 0.25) is 0 Å². The lowest BCUT2D eigenvalue weighted by atomic mass is 9.97. The van der Waals surface area contributed by atoms with E-state index in [9.17, 15) is 18.0 Å². The van der Waals surface area contributed by atoms with Crippen LogP contribution in [0.1, 0.15) is 41.5 Å². The maximum Gasteiger partial charge on any atom is 0.573 e. The normalized spacial score (nSPS) is 18.4. The molecule has 1 fully saturated rings. The van der Waals surface area contributed by atoms with Crippen molar-refractivity contribution in [1.82, 2.24) is 29.9 Å². The summed E-state index contributed by atoms with van der Waals surface area (Å²) in [5.41, 5.74) is 1.68. The van der Waals surface area contributed by atoms with Gasteiger partial charge in [0.1, 0.15) is 11.6 Å². The van der Waals surface area contributed by atoms with Crippen molar-refractivity contribution >= 4 is 28.5 Å². The van der Waals surface area contributed by atoms with Crippen molar-refractivity contribution in [1.29, 1.82) is 0 Å². The zero-order valence-electron chi connectivity index (χ0n) is 18.7. The van der Waals surface area contributed by atoms with Gasteiger partial charge in [-0.25, -0.2) is 4.98 Å². The summed E-state index contributed by atoms with van der Waals surface area (Å²) in [6.45, 7) is 4.14. The van der Waals surface area contributed by atoms with Crippen molar-refractivity contribution in [3.05, 3.63) is 64.7 Å². The van der Waals surface area contributed by atoms with Gasteiger partial charge in [-0.3, -0.25) is 4.79 Å². The molecule has 2 aromatic carbocycles. The molecule has 35 heavy (non-hydrogen) atoms. The Hall–Kier alpha value is -3.60. The van der Waals surface area contributed by atoms with Gasteiger partial charge in [0.25, 0.3) is 5.91 Å². The number of aromatic nitrogens is 5. The van der Waals surface area contributed by atoms with Crippen LogP contribution < -0.4 is 4.74 Å². The molecule has 1 aliphatic rings. The van der Waals surface area contributed by atoms with E-state index in [2.05, 4.69) is 19.9 Å². The SMILES string of the molecule is Cc1c(Cl)ccc2[nH]c(C3(C)CCCN3C(=O)c3cc(OC(F)(F)F)ccc3-n3nccn3)nc12. The number of carbonyl (C=O) groups is 1. The first-order chi connectivity index (χ1) is 16.6. The van der Waals surface area contributed by atoms with Gasteiger partial charge in [0.05, 0.1) is 40.2 Å². The summed E-state index contributed by atoms with van der Waals surface area (Å²) in [6, 6.07) is 7.11. The number of nitrogens with one attached hydrogen (secondary N) is 1. The number of alkyl halides is 3. The molecule has 1 saturated heterocycles. The first-order valence-electron chi connectivity index (χ1n) is 10.8. The van der Waals surface area contributed by atoms with Crippen molar-refractivity contribution in [3.63, 3.8) is 0 Å². The van der Waals surface area contributed by atoms with Crippen LogP contribution in [-0.2, 0) is 5.54 Å². The molecule has 0 radical (unpaired) electrons. The van der Waals surface area contributed by atoms with Crippen molar-refractivity contribution in [2.75, 3.05) is 6.54 Å². The smallest absolute Gasteiger partial charge is 0.406 e. The largest absolute Gasteiger partial charge is 0.573 e. The minimum absolute atomic E-state index is 0.0218. The van der Waals surface area contributed by atoms with Gasteiger partial charge in [-0.05, 0) is 62.6 Å². The van der Waals surface area contributed by atoms with E-state index < -0.39 is 23.6 Å². The average Bonchev–Trinajstić information content (AvgIpc) is 3.55. The number of nitrogens with zero attached hydrogens (tertiary/aromatic N) is 5. The van der Waals surface area contributed by atoms with Crippen LogP contribution in [0.5, 0.6) is 5.75 Å².